The van der Waals surface area contributed by atoms with Crippen LogP contribution in [0.1, 0.15) is 11.1 Å². The normalized spacial score (nSPS) is 10.4. The molecule has 1 N–H and O–H groups in total. The molecular weight excluding hydrogens is 376 g/mol. The molecule has 30 heavy (non-hydrogen) atoms. The smallest absolute Gasteiger partial charge is 0.137 e. The fraction of sp³-hybridized carbons (Fsp3) is 0.125. The second-order valence-electron chi connectivity index (χ2n) is 6.68. The fourth-order valence-corrected chi connectivity index (χ4v) is 3.32. The number of hydrogen-bond acceptors (Lipinski definition) is 6. The number of hydrogen-bond donors (Lipinski definition) is 1. The standard InChI is InChI=1S/C24H20N4O2/c1-29-20-8-6-19(23(12-20)30-2)14-26-24-21-11-18(7-9-22(21)27-15-28-24)17-5-3-4-16(10-17)13-25/h3-12,15H,14H2,1-2H3,(H,26,27,28). The lowest BCUT2D eigenvalue weighted by Gasteiger charge is -2.13. The molecule has 3 aromatic carbocycles. The molecule has 4 rings (SSSR count). The largest absolute Gasteiger partial charge is 0.497 e. The van der Waals surface area contributed by atoms with Crippen LogP contribution >= 0.6 is 0 Å². The van der Waals surface area contributed by atoms with Gasteiger partial charge in [-0.3, -0.25) is 0 Å². The summed E-state index contributed by atoms with van der Waals surface area (Å²) in [6.45, 7) is 0.535. The van der Waals surface area contributed by atoms with Crippen LogP contribution in [-0.4, -0.2) is 24.2 Å². The average Bonchev–Trinajstić information content (AvgIpc) is 2.82. The van der Waals surface area contributed by atoms with Crippen molar-refractivity contribution in [3.8, 4) is 28.7 Å². The van der Waals surface area contributed by atoms with Gasteiger partial charge in [-0.1, -0.05) is 18.2 Å². The van der Waals surface area contributed by atoms with Gasteiger partial charge in [0.15, 0.2) is 0 Å². The summed E-state index contributed by atoms with van der Waals surface area (Å²) in [5, 5.41) is 13.5. The van der Waals surface area contributed by atoms with Gasteiger partial charge in [-0.25, -0.2) is 9.97 Å². The van der Waals surface area contributed by atoms with E-state index < -0.39 is 0 Å². The Morgan fingerprint density at radius 2 is 1.80 bits per heavy atom. The van der Waals surface area contributed by atoms with Crippen LogP contribution in [0.2, 0.25) is 0 Å². The molecule has 0 aliphatic rings. The number of fused-ring (bicyclic) bond motifs is 1. The lowest BCUT2D eigenvalue weighted by atomic mass is 10.0. The van der Waals surface area contributed by atoms with Crippen molar-refractivity contribution >= 4 is 16.7 Å². The molecule has 148 valence electrons. The van der Waals surface area contributed by atoms with Crippen molar-refractivity contribution < 1.29 is 9.47 Å². The molecule has 0 amide bonds. The van der Waals surface area contributed by atoms with E-state index in [2.05, 4.69) is 21.4 Å². The Morgan fingerprint density at radius 3 is 2.60 bits per heavy atom. The van der Waals surface area contributed by atoms with Gasteiger partial charge in [0.25, 0.3) is 0 Å². The first-order chi connectivity index (χ1) is 14.7. The average molecular weight is 396 g/mol. The number of nitriles is 1. The van der Waals surface area contributed by atoms with E-state index in [-0.39, 0.29) is 0 Å². The van der Waals surface area contributed by atoms with Crippen LogP contribution in [0.4, 0.5) is 5.82 Å². The number of nitrogens with one attached hydrogen (secondary N) is 1. The predicted molar refractivity (Wildman–Crippen MR) is 117 cm³/mol. The molecule has 0 atom stereocenters. The molecule has 0 fully saturated rings. The zero-order valence-corrected chi connectivity index (χ0v) is 16.7. The summed E-state index contributed by atoms with van der Waals surface area (Å²) < 4.78 is 10.7. The van der Waals surface area contributed by atoms with E-state index in [9.17, 15) is 5.26 Å². The highest BCUT2D eigenvalue weighted by atomic mass is 16.5. The van der Waals surface area contributed by atoms with Crippen LogP contribution < -0.4 is 14.8 Å². The lowest BCUT2D eigenvalue weighted by Crippen LogP contribution is -2.04. The van der Waals surface area contributed by atoms with Gasteiger partial charge in [0, 0.05) is 23.6 Å². The van der Waals surface area contributed by atoms with Gasteiger partial charge in [0.05, 0.1) is 31.4 Å². The van der Waals surface area contributed by atoms with Crippen molar-refractivity contribution in [1.82, 2.24) is 9.97 Å². The van der Waals surface area contributed by atoms with Crippen molar-refractivity contribution in [3.63, 3.8) is 0 Å². The summed E-state index contributed by atoms with van der Waals surface area (Å²) in [5.74, 6) is 2.22. The third-order valence-corrected chi connectivity index (χ3v) is 4.90. The monoisotopic (exact) mass is 396 g/mol. The number of aromatic nitrogens is 2. The zero-order valence-electron chi connectivity index (χ0n) is 16.7. The molecule has 1 aromatic heterocycles. The molecule has 0 spiro atoms. The maximum Gasteiger partial charge on any atom is 0.137 e. The van der Waals surface area contributed by atoms with Crippen molar-refractivity contribution in [2.75, 3.05) is 19.5 Å². The highest BCUT2D eigenvalue weighted by Gasteiger charge is 2.09. The highest BCUT2D eigenvalue weighted by molar-refractivity contribution is 5.92. The summed E-state index contributed by atoms with van der Waals surface area (Å²) in [4.78, 5) is 8.82. The molecule has 0 saturated carbocycles. The predicted octanol–water partition coefficient (Wildman–Crippen LogP) is 4.80. The maximum absolute atomic E-state index is 9.18. The van der Waals surface area contributed by atoms with E-state index in [1.54, 1.807) is 26.6 Å². The Bertz CT molecular complexity index is 1250. The third kappa shape index (κ3) is 3.87. The first kappa shape index (κ1) is 19.2. The SMILES string of the molecule is COc1ccc(CNc2ncnc3ccc(-c4cccc(C#N)c4)cc23)c(OC)c1. The number of anilines is 1. The molecule has 4 aromatic rings. The van der Waals surface area contributed by atoms with E-state index in [1.807, 2.05) is 54.6 Å². The van der Waals surface area contributed by atoms with Crippen LogP contribution in [0.5, 0.6) is 11.5 Å². The Kier molecular flexibility index (Phi) is 5.44. The van der Waals surface area contributed by atoms with Crippen LogP contribution in [-0.2, 0) is 6.54 Å². The molecule has 1 heterocycles. The summed E-state index contributed by atoms with van der Waals surface area (Å²) in [6, 6.07) is 21.5. The number of benzene rings is 3. The first-order valence-electron chi connectivity index (χ1n) is 9.42. The summed E-state index contributed by atoms with van der Waals surface area (Å²) >= 11 is 0. The van der Waals surface area contributed by atoms with E-state index in [0.717, 1.165) is 44.9 Å². The van der Waals surface area contributed by atoms with Gasteiger partial charge in [0.2, 0.25) is 0 Å². The minimum Gasteiger partial charge on any atom is -0.497 e. The number of rotatable bonds is 6. The van der Waals surface area contributed by atoms with E-state index in [1.165, 1.54) is 0 Å². The van der Waals surface area contributed by atoms with Gasteiger partial charge in [-0.05, 0) is 47.5 Å². The summed E-state index contributed by atoms with van der Waals surface area (Å²) in [7, 11) is 3.27. The van der Waals surface area contributed by atoms with Crippen molar-refractivity contribution in [1.29, 1.82) is 5.26 Å². The molecule has 0 bridgehead atoms. The van der Waals surface area contributed by atoms with Crippen LogP contribution in [0.3, 0.4) is 0 Å². The van der Waals surface area contributed by atoms with Gasteiger partial charge in [0.1, 0.15) is 23.6 Å². The van der Waals surface area contributed by atoms with Gasteiger partial charge in [-0.2, -0.15) is 5.26 Å². The summed E-state index contributed by atoms with van der Waals surface area (Å²) in [6.07, 6.45) is 1.55. The molecule has 0 unspecified atom stereocenters. The quantitative estimate of drug-likeness (QED) is 0.504. The molecule has 6 heteroatoms. The van der Waals surface area contributed by atoms with E-state index in [4.69, 9.17) is 9.47 Å². The van der Waals surface area contributed by atoms with Gasteiger partial charge in [-0.15, -0.1) is 0 Å². The number of methoxy groups -OCH3 is 2. The maximum atomic E-state index is 9.18. The second kappa shape index (κ2) is 8.50. The molecular formula is C24H20N4O2. The first-order valence-corrected chi connectivity index (χ1v) is 9.42. The van der Waals surface area contributed by atoms with E-state index in [0.29, 0.717) is 12.1 Å². The molecule has 0 aliphatic heterocycles. The topological polar surface area (TPSA) is 80.1 Å². The Hall–Kier alpha value is -4.11. The van der Waals surface area contributed by atoms with Crippen LogP contribution in [0, 0.1) is 11.3 Å². The van der Waals surface area contributed by atoms with Gasteiger partial charge >= 0.3 is 0 Å². The molecule has 6 nitrogen and oxygen atoms in total. The summed E-state index contributed by atoms with van der Waals surface area (Å²) in [5.41, 5.74) is 4.43. The van der Waals surface area contributed by atoms with E-state index >= 15 is 0 Å². The van der Waals surface area contributed by atoms with Crippen LogP contribution in [0.15, 0.2) is 67.0 Å². The van der Waals surface area contributed by atoms with Crippen LogP contribution in [0.25, 0.3) is 22.0 Å². The van der Waals surface area contributed by atoms with Crippen molar-refractivity contribution in [2.24, 2.45) is 0 Å². The molecule has 0 radical (unpaired) electrons. The Morgan fingerprint density at radius 1 is 0.933 bits per heavy atom. The number of nitrogens with zero attached hydrogens (tertiary/aromatic N) is 3. The second-order valence-corrected chi connectivity index (χ2v) is 6.68. The molecule has 0 aliphatic carbocycles. The fourth-order valence-electron chi connectivity index (χ4n) is 3.32. The van der Waals surface area contributed by atoms with Crippen molar-refractivity contribution in [3.05, 3.63) is 78.1 Å². The highest BCUT2D eigenvalue weighted by Crippen LogP contribution is 2.29. The lowest BCUT2D eigenvalue weighted by molar-refractivity contribution is 0.391. The third-order valence-electron chi connectivity index (χ3n) is 4.90. The number of ether oxygens (including phenoxy) is 2. The van der Waals surface area contributed by atoms with Crippen molar-refractivity contribution in [2.45, 2.75) is 6.54 Å². The Balaban J connectivity index is 1.67. The minimum atomic E-state index is 0.535. The Labute approximate surface area is 174 Å². The zero-order chi connectivity index (χ0) is 20.9. The molecule has 0 saturated heterocycles. The van der Waals surface area contributed by atoms with Gasteiger partial charge < -0.3 is 14.8 Å². The minimum absolute atomic E-state index is 0.535.